The predicted octanol–water partition coefficient (Wildman–Crippen LogP) is 1.96. The minimum atomic E-state index is -0.131. The summed E-state index contributed by atoms with van der Waals surface area (Å²) in [6, 6.07) is 5.32. The standard InChI is InChI=1S/C13H16N4O3/c1-8-15-13(20-17-8)7-14-11-6-10(16-9(2)18)4-5-12(11)19-3/h4-6,14H,7H2,1-3H3,(H,16,18). The summed E-state index contributed by atoms with van der Waals surface area (Å²) in [6.45, 7) is 3.59. The van der Waals surface area contributed by atoms with Crippen LogP contribution < -0.4 is 15.4 Å². The molecule has 20 heavy (non-hydrogen) atoms. The number of carbonyl (C=O) groups is 1. The molecule has 2 rings (SSSR count). The second kappa shape index (κ2) is 6.05. The number of benzene rings is 1. The maximum atomic E-state index is 11.1. The molecular formula is C13H16N4O3. The van der Waals surface area contributed by atoms with Crippen LogP contribution in [-0.2, 0) is 11.3 Å². The van der Waals surface area contributed by atoms with E-state index in [1.165, 1.54) is 6.92 Å². The second-order valence-corrected chi connectivity index (χ2v) is 4.19. The summed E-state index contributed by atoms with van der Waals surface area (Å²) >= 11 is 0. The normalized spacial score (nSPS) is 10.2. The van der Waals surface area contributed by atoms with E-state index in [-0.39, 0.29) is 5.91 Å². The van der Waals surface area contributed by atoms with E-state index in [4.69, 9.17) is 9.26 Å². The van der Waals surface area contributed by atoms with Gasteiger partial charge in [-0.15, -0.1) is 0 Å². The summed E-state index contributed by atoms with van der Waals surface area (Å²) in [5.41, 5.74) is 1.41. The van der Waals surface area contributed by atoms with Crippen molar-refractivity contribution in [1.29, 1.82) is 0 Å². The number of amides is 1. The lowest BCUT2D eigenvalue weighted by Crippen LogP contribution is -2.07. The lowest BCUT2D eigenvalue weighted by molar-refractivity contribution is -0.114. The summed E-state index contributed by atoms with van der Waals surface area (Å²) in [7, 11) is 1.58. The van der Waals surface area contributed by atoms with Crippen LogP contribution in [0.2, 0.25) is 0 Å². The number of methoxy groups -OCH3 is 1. The number of aryl methyl sites for hydroxylation is 1. The zero-order valence-electron chi connectivity index (χ0n) is 11.6. The molecule has 0 unspecified atom stereocenters. The fourth-order valence-electron chi connectivity index (χ4n) is 1.71. The molecule has 2 N–H and O–H groups in total. The first kappa shape index (κ1) is 13.9. The number of rotatable bonds is 5. The first-order valence-electron chi connectivity index (χ1n) is 6.07. The Bertz CT molecular complexity index is 609. The third kappa shape index (κ3) is 3.47. The molecule has 0 aliphatic rings. The molecule has 1 aromatic carbocycles. The van der Waals surface area contributed by atoms with Crippen LogP contribution in [0.4, 0.5) is 11.4 Å². The number of carbonyl (C=O) groups excluding carboxylic acids is 1. The number of ether oxygens (including phenoxy) is 1. The van der Waals surface area contributed by atoms with Crippen LogP contribution in [0.3, 0.4) is 0 Å². The smallest absolute Gasteiger partial charge is 0.245 e. The number of nitrogens with one attached hydrogen (secondary N) is 2. The molecule has 1 amide bonds. The van der Waals surface area contributed by atoms with Crippen LogP contribution in [0.5, 0.6) is 5.75 Å². The van der Waals surface area contributed by atoms with Crippen LogP contribution >= 0.6 is 0 Å². The van der Waals surface area contributed by atoms with Crippen LogP contribution in [0, 0.1) is 6.92 Å². The molecule has 106 valence electrons. The lowest BCUT2D eigenvalue weighted by Gasteiger charge is -2.12. The number of hydrogen-bond acceptors (Lipinski definition) is 6. The Hall–Kier alpha value is -2.57. The van der Waals surface area contributed by atoms with Gasteiger partial charge in [0, 0.05) is 12.6 Å². The molecule has 2 aromatic rings. The van der Waals surface area contributed by atoms with Gasteiger partial charge in [0.2, 0.25) is 11.8 Å². The average Bonchev–Trinajstić information content (AvgIpc) is 2.82. The van der Waals surface area contributed by atoms with Crippen LogP contribution in [0.25, 0.3) is 0 Å². The third-order valence-electron chi connectivity index (χ3n) is 2.52. The van der Waals surface area contributed by atoms with Gasteiger partial charge in [-0.3, -0.25) is 4.79 Å². The number of nitrogens with zero attached hydrogens (tertiary/aromatic N) is 2. The Morgan fingerprint density at radius 2 is 2.25 bits per heavy atom. The van der Waals surface area contributed by atoms with E-state index >= 15 is 0 Å². The van der Waals surface area contributed by atoms with Crippen molar-refractivity contribution in [3.05, 3.63) is 29.9 Å². The van der Waals surface area contributed by atoms with E-state index in [9.17, 15) is 4.79 Å². The monoisotopic (exact) mass is 276 g/mol. The van der Waals surface area contributed by atoms with E-state index in [1.54, 1.807) is 32.2 Å². The third-order valence-corrected chi connectivity index (χ3v) is 2.52. The van der Waals surface area contributed by atoms with Gasteiger partial charge in [0.05, 0.1) is 19.3 Å². The molecule has 0 aliphatic carbocycles. The molecule has 0 fully saturated rings. The summed E-state index contributed by atoms with van der Waals surface area (Å²) in [4.78, 5) is 15.2. The quantitative estimate of drug-likeness (QED) is 0.867. The van der Waals surface area contributed by atoms with Gasteiger partial charge in [0.1, 0.15) is 5.75 Å². The van der Waals surface area contributed by atoms with Crippen molar-refractivity contribution in [3.63, 3.8) is 0 Å². The second-order valence-electron chi connectivity index (χ2n) is 4.19. The zero-order chi connectivity index (χ0) is 14.5. The van der Waals surface area contributed by atoms with Crippen LogP contribution in [0.15, 0.2) is 22.7 Å². The highest BCUT2D eigenvalue weighted by Crippen LogP contribution is 2.28. The molecule has 0 bridgehead atoms. The Labute approximate surface area is 116 Å². The Kier molecular flexibility index (Phi) is 4.19. The van der Waals surface area contributed by atoms with Gasteiger partial charge in [-0.25, -0.2) is 0 Å². The molecule has 0 saturated carbocycles. The van der Waals surface area contributed by atoms with E-state index in [0.717, 1.165) is 5.69 Å². The van der Waals surface area contributed by atoms with E-state index in [2.05, 4.69) is 20.8 Å². The van der Waals surface area contributed by atoms with Crippen LogP contribution in [-0.4, -0.2) is 23.2 Å². The highest BCUT2D eigenvalue weighted by atomic mass is 16.5. The topological polar surface area (TPSA) is 89.3 Å². The van der Waals surface area contributed by atoms with Crippen molar-refractivity contribution in [2.45, 2.75) is 20.4 Å². The number of hydrogen-bond donors (Lipinski definition) is 2. The molecule has 7 nitrogen and oxygen atoms in total. The lowest BCUT2D eigenvalue weighted by atomic mass is 10.2. The van der Waals surface area contributed by atoms with Gasteiger partial charge in [0.25, 0.3) is 0 Å². The largest absolute Gasteiger partial charge is 0.495 e. The van der Waals surface area contributed by atoms with E-state index in [1.807, 2.05) is 0 Å². The molecular weight excluding hydrogens is 260 g/mol. The maximum absolute atomic E-state index is 11.1. The first-order chi connectivity index (χ1) is 9.58. The fraction of sp³-hybridized carbons (Fsp3) is 0.308. The highest BCUT2D eigenvalue weighted by molar-refractivity contribution is 5.89. The van der Waals surface area contributed by atoms with Gasteiger partial charge < -0.3 is 19.9 Å². The highest BCUT2D eigenvalue weighted by Gasteiger charge is 2.08. The Balaban J connectivity index is 2.13. The van der Waals surface area contributed by atoms with Gasteiger partial charge >= 0.3 is 0 Å². The molecule has 0 saturated heterocycles. The van der Waals surface area contributed by atoms with Crippen molar-refractivity contribution in [1.82, 2.24) is 10.1 Å². The molecule has 0 radical (unpaired) electrons. The molecule has 0 spiro atoms. The van der Waals surface area contributed by atoms with Gasteiger partial charge in [0.15, 0.2) is 5.82 Å². The molecule has 7 heteroatoms. The van der Waals surface area contributed by atoms with Crippen molar-refractivity contribution < 1.29 is 14.1 Å². The SMILES string of the molecule is COc1ccc(NC(C)=O)cc1NCc1nc(C)no1. The Morgan fingerprint density at radius 3 is 2.85 bits per heavy atom. The summed E-state index contributed by atoms with van der Waals surface area (Å²) < 4.78 is 10.3. The number of anilines is 2. The number of aromatic nitrogens is 2. The van der Waals surface area contributed by atoms with Crippen molar-refractivity contribution in [3.8, 4) is 5.75 Å². The summed E-state index contributed by atoms with van der Waals surface area (Å²) in [5, 5.41) is 9.56. The minimum Gasteiger partial charge on any atom is -0.495 e. The Morgan fingerprint density at radius 1 is 1.45 bits per heavy atom. The molecule has 1 heterocycles. The predicted molar refractivity (Wildman–Crippen MR) is 73.7 cm³/mol. The van der Waals surface area contributed by atoms with Crippen molar-refractivity contribution >= 4 is 17.3 Å². The molecule has 0 atom stereocenters. The van der Waals surface area contributed by atoms with E-state index in [0.29, 0.717) is 29.7 Å². The first-order valence-corrected chi connectivity index (χ1v) is 6.07. The van der Waals surface area contributed by atoms with Crippen molar-refractivity contribution in [2.24, 2.45) is 0 Å². The zero-order valence-corrected chi connectivity index (χ0v) is 11.6. The summed E-state index contributed by atoms with van der Waals surface area (Å²) in [5.74, 6) is 1.60. The van der Waals surface area contributed by atoms with E-state index < -0.39 is 0 Å². The fourth-order valence-corrected chi connectivity index (χ4v) is 1.71. The van der Waals surface area contributed by atoms with Gasteiger partial charge in [-0.05, 0) is 25.1 Å². The van der Waals surface area contributed by atoms with Crippen LogP contribution in [0.1, 0.15) is 18.6 Å². The van der Waals surface area contributed by atoms with Crippen molar-refractivity contribution in [2.75, 3.05) is 17.7 Å². The maximum Gasteiger partial charge on any atom is 0.245 e. The van der Waals surface area contributed by atoms with Gasteiger partial charge in [-0.1, -0.05) is 5.16 Å². The summed E-state index contributed by atoms with van der Waals surface area (Å²) in [6.07, 6.45) is 0. The molecule has 0 aliphatic heterocycles. The van der Waals surface area contributed by atoms with Gasteiger partial charge in [-0.2, -0.15) is 4.98 Å². The average molecular weight is 276 g/mol. The minimum absolute atomic E-state index is 0.131. The molecule has 1 aromatic heterocycles.